The maximum atomic E-state index is 13.3. The summed E-state index contributed by atoms with van der Waals surface area (Å²) in [6.07, 6.45) is -2.62. The predicted octanol–water partition coefficient (Wildman–Crippen LogP) is 3.78. The number of halogens is 3. The smallest absolute Gasteiger partial charge is 0.490 e. The summed E-state index contributed by atoms with van der Waals surface area (Å²) in [4.78, 5) is 35.8. The van der Waals surface area contributed by atoms with E-state index in [4.69, 9.17) is 14.6 Å². The van der Waals surface area contributed by atoms with E-state index in [9.17, 15) is 28.0 Å². The molecule has 2 N–H and O–H groups in total. The molecule has 0 atom stereocenters. The topological polar surface area (TPSA) is 125 Å². The SMILES string of the molecule is COc1ccc2c(=O)n(CCNCCCN3CCCC3=O)c(C#N)c(-c3ccccc3)c2c1.O=C(O)C(F)(F)F. The molecule has 0 saturated carbocycles. The van der Waals surface area contributed by atoms with E-state index >= 15 is 0 Å². The molecule has 40 heavy (non-hydrogen) atoms. The molecule has 1 saturated heterocycles. The number of ether oxygens (including phenoxy) is 1. The van der Waals surface area contributed by atoms with Crippen LogP contribution in [0.15, 0.2) is 53.3 Å². The molecule has 0 radical (unpaired) electrons. The fourth-order valence-electron chi connectivity index (χ4n) is 4.43. The number of fused-ring (bicyclic) bond motifs is 1. The molecule has 0 aliphatic carbocycles. The molecule has 9 nitrogen and oxygen atoms in total. The zero-order chi connectivity index (χ0) is 29.3. The maximum Gasteiger partial charge on any atom is 0.490 e. The molecule has 12 heteroatoms. The number of rotatable bonds is 9. The van der Waals surface area contributed by atoms with Crippen LogP contribution in [-0.4, -0.2) is 65.9 Å². The molecule has 1 aliphatic heterocycles. The number of amides is 1. The molecule has 4 rings (SSSR count). The van der Waals surface area contributed by atoms with Crippen molar-refractivity contribution in [1.29, 1.82) is 5.26 Å². The highest BCUT2D eigenvalue weighted by atomic mass is 19.4. The fraction of sp³-hybridized carbons (Fsp3) is 0.357. The Labute approximate surface area is 228 Å². The number of carbonyl (C=O) groups is 2. The van der Waals surface area contributed by atoms with Gasteiger partial charge in [0.2, 0.25) is 5.91 Å². The van der Waals surface area contributed by atoms with Crippen LogP contribution < -0.4 is 15.6 Å². The van der Waals surface area contributed by atoms with E-state index in [0.29, 0.717) is 41.7 Å². The van der Waals surface area contributed by atoms with Gasteiger partial charge in [-0.3, -0.25) is 14.2 Å². The van der Waals surface area contributed by atoms with Crippen LogP contribution in [0.2, 0.25) is 0 Å². The largest absolute Gasteiger partial charge is 0.497 e. The van der Waals surface area contributed by atoms with Crippen molar-refractivity contribution in [2.75, 3.05) is 33.3 Å². The molecule has 0 bridgehead atoms. The van der Waals surface area contributed by atoms with Crippen molar-refractivity contribution >= 4 is 22.6 Å². The van der Waals surface area contributed by atoms with Crippen molar-refractivity contribution in [3.8, 4) is 22.9 Å². The van der Waals surface area contributed by atoms with Gasteiger partial charge in [-0.05, 0) is 43.1 Å². The molecule has 3 aromatic rings. The highest BCUT2D eigenvalue weighted by Crippen LogP contribution is 2.32. The van der Waals surface area contributed by atoms with E-state index in [1.807, 2.05) is 41.3 Å². The van der Waals surface area contributed by atoms with E-state index in [1.54, 1.807) is 23.8 Å². The number of benzene rings is 2. The van der Waals surface area contributed by atoms with Crippen LogP contribution in [0.1, 0.15) is 25.0 Å². The first-order chi connectivity index (χ1) is 19.1. The van der Waals surface area contributed by atoms with Crippen molar-refractivity contribution in [2.45, 2.75) is 32.0 Å². The number of carbonyl (C=O) groups excluding carboxylic acids is 1. The Hall–Kier alpha value is -4.37. The Bertz CT molecular complexity index is 1450. The van der Waals surface area contributed by atoms with Crippen LogP contribution in [0, 0.1) is 11.3 Å². The first kappa shape index (κ1) is 30.2. The summed E-state index contributed by atoms with van der Waals surface area (Å²) < 4.78 is 38.7. The average Bonchev–Trinajstić information content (AvgIpc) is 3.35. The van der Waals surface area contributed by atoms with Crippen LogP contribution in [0.25, 0.3) is 21.9 Å². The van der Waals surface area contributed by atoms with Crippen LogP contribution in [0.3, 0.4) is 0 Å². The van der Waals surface area contributed by atoms with Crippen molar-refractivity contribution in [2.24, 2.45) is 0 Å². The van der Waals surface area contributed by atoms with E-state index in [1.165, 1.54) is 0 Å². The zero-order valence-corrected chi connectivity index (χ0v) is 21.8. The number of methoxy groups -OCH3 is 1. The first-order valence-electron chi connectivity index (χ1n) is 12.6. The van der Waals surface area contributed by atoms with Gasteiger partial charge in [0, 0.05) is 48.9 Å². The minimum Gasteiger partial charge on any atom is -0.497 e. The molecule has 0 spiro atoms. The summed E-state index contributed by atoms with van der Waals surface area (Å²) in [7, 11) is 1.58. The Morgan fingerprint density at radius 1 is 1.10 bits per heavy atom. The van der Waals surface area contributed by atoms with Crippen LogP contribution in [0.5, 0.6) is 5.75 Å². The number of carboxylic acids is 1. The Balaban J connectivity index is 0.000000559. The molecule has 1 fully saturated rings. The van der Waals surface area contributed by atoms with Gasteiger partial charge < -0.3 is 20.1 Å². The predicted molar refractivity (Wildman–Crippen MR) is 142 cm³/mol. The molecule has 0 unspecified atom stereocenters. The van der Waals surface area contributed by atoms with Crippen molar-refractivity contribution in [1.82, 2.24) is 14.8 Å². The lowest BCUT2D eigenvalue weighted by molar-refractivity contribution is -0.192. The van der Waals surface area contributed by atoms with Gasteiger partial charge in [0.25, 0.3) is 5.56 Å². The van der Waals surface area contributed by atoms with Gasteiger partial charge >= 0.3 is 12.1 Å². The number of alkyl halides is 3. The number of aliphatic carboxylic acids is 1. The van der Waals surface area contributed by atoms with Gasteiger partial charge in [-0.1, -0.05) is 30.3 Å². The molecule has 212 valence electrons. The lowest BCUT2D eigenvalue weighted by Gasteiger charge is -2.17. The van der Waals surface area contributed by atoms with Crippen LogP contribution in [-0.2, 0) is 16.1 Å². The lowest BCUT2D eigenvalue weighted by atomic mass is 9.97. The van der Waals surface area contributed by atoms with Gasteiger partial charge in [-0.15, -0.1) is 0 Å². The molecule has 1 amide bonds. The third-order valence-corrected chi connectivity index (χ3v) is 6.35. The van der Waals surface area contributed by atoms with Gasteiger partial charge in [0.05, 0.1) is 7.11 Å². The summed E-state index contributed by atoms with van der Waals surface area (Å²) in [5, 5.41) is 21.8. The highest BCUT2D eigenvalue weighted by Gasteiger charge is 2.38. The summed E-state index contributed by atoms with van der Waals surface area (Å²) in [6, 6.07) is 17.3. The van der Waals surface area contributed by atoms with Crippen molar-refractivity contribution in [3.63, 3.8) is 0 Å². The number of pyridine rings is 1. The zero-order valence-electron chi connectivity index (χ0n) is 21.8. The lowest BCUT2D eigenvalue weighted by Crippen LogP contribution is -2.32. The number of nitrogens with zero attached hydrogens (tertiary/aromatic N) is 3. The second-order valence-corrected chi connectivity index (χ2v) is 8.96. The number of hydrogen-bond acceptors (Lipinski definition) is 6. The van der Waals surface area contributed by atoms with Crippen LogP contribution >= 0.6 is 0 Å². The molecular formula is C28H29F3N4O5. The molecule has 1 aromatic heterocycles. The highest BCUT2D eigenvalue weighted by molar-refractivity contribution is 5.99. The van der Waals surface area contributed by atoms with Crippen LogP contribution in [0.4, 0.5) is 13.2 Å². The first-order valence-corrected chi connectivity index (χ1v) is 12.6. The second kappa shape index (κ2) is 13.6. The van der Waals surface area contributed by atoms with Gasteiger partial charge in [0.15, 0.2) is 0 Å². The van der Waals surface area contributed by atoms with E-state index in [2.05, 4.69) is 11.4 Å². The number of aromatic nitrogens is 1. The van der Waals surface area contributed by atoms with Gasteiger partial charge in [-0.2, -0.15) is 18.4 Å². The third kappa shape index (κ3) is 7.39. The van der Waals surface area contributed by atoms with Crippen molar-refractivity contribution in [3.05, 3.63) is 64.6 Å². The van der Waals surface area contributed by atoms with E-state index in [-0.39, 0.29) is 11.5 Å². The van der Waals surface area contributed by atoms with Crippen molar-refractivity contribution < 1.29 is 32.6 Å². The summed E-state index contributed by atoms with van der Waals surface area (Å²) in [6.45, 7) is 3.29. The third-order valence-electron chi connectivity index (χ3n) is 6.35. The normalized spacial score (nSPS) is 13.1. The maximum absolute atomic E-state index is 13.3. The summed E-state index contributed by atoms with van der Waals surface area (Å²) in [5.74, 6) is -1.88. The average molecular weight is 559 g/mol. The molecule has 2 aromatic carbocycles. The second-order valence-electron chi connectivity index (χ2n) is 8.96. The van der Waals surface area contributed by atoms with Gasteiger partial charge in [-0.25, -0.2) is 4.79 Å². The minimum atomic E-state index is -5.08. The molecular weight excluding hydrogens is 529 g/mol. The standard InChI is InChI=1S/C26H28N4O3.C2HF3O2/c1-33-20-10-11-21-22(17-20)25(19-7-3-2-4-8-19)23(18-27)30(26(21)32)16-13-28-12-6-15-29-14-5-9-24(29)31;3-2(4,5)1(6)7/h2-4,7-8,10-11,17,28H,5-6,9,12-16H2,1H3;(H,6,7). The Morgan fingerprint density at radius 2 is 1.80 bits per heavy atom. The van der Waals surface area contributed by atoms with Gasteiger partial charge in [0.1, 0.15) is 17.5 Å². The number of nitriles is 1. The Morgan fingerprint density at radius 3 is 2.38 bits per heavy atom. The van der Waals surface area contributed by atoms with E-state index in [0.717, 1.165) is 43.6 Å². The summed E-state index contributed by atoms with van der Waals surface area (Å²) >= 11 is 0. The molecule has 2 heterocycles. The Kier molecular flexibility index (Phi) is 10.3. The fourth-order valence-corrected chi connectivity index (χ4v) is 4.43. The quantitative estimate of drug-likeness (QED) is 0.383. The minimum absolute atomic E-state index is 0.187. The summed E-state index contributed by atoms with van der Waals surface area (Å²) in [5.41, 5.74) is 1.77. The molecule has 1 aliphatic rings. The monoisotopic (exact) mass is 558 g/mol. The number of nitrogens with one attached hydrogen (secondary N) is 1. The van der Waals surface area contributed by atoms with E-state index < -0.39 is 12.1 Å². The number of hydrogen-bond donors (Lipinski definition) is 2. The number of carboxylic acid groups (broad SMARTS) is 1. The number of likely N-dealkylation sites (tertiary alicyclic amines) is 1.